The average Bonchev–Trinajstić information content (AvgIpc) is 1.91. The molecule has 9 heavy (non-hydrogen) atoms. The van der Waals surface area contributed by atoms with E-state index in [1.807, 2.05) is 0 Å². The maximum atomic E-state index is 4.84. The van der Waals surface area contributed by atoms with Gasteiger partial charge in [-0.2, -0.15) is 0 Å². The lowest BCUT2D eigenvalue weighted by molar-refractivity contribution is -0.0666. The van der Waals surface area contributed by atoms with E-state index in [4.69, 9.17) is 9.47 Å². The van der Waals surface area contributed by atoms with E-state index in [0.29, 0.717) is 0 Å². The van der Waals surface area contributed by atoms with E-state index in [0.717, 1.165) is 0 Å². The van der Waals surface area contributed by atoms with Crippen molar-refractivity contribution in [2.75, 3.05) is 14.2 Å². The van der Waals surface area contributed by atoms with Gasteiger partial charge in [-0.3, -0.25) is 0 Å². The second kappa shape index (κ2) is 5.54. The summed E-state index contributed by atoms with van der Waals surface area (Å²) in [4.78, 5) is 0. The first-order valence-corrected chi connectivity index (χ1v) is 2.70. The van der Waals surface area contributed by atoms with Gasteiger partial charge in [0.15, 0.2) is 6.29 Å². The number of methoxy groups -OCH3 is 2. The summed E-state index contributed by atoms with van der Waals surface area (Å²) in [6.07, 6.45) is 4.97. The minimum Gasteiger partial charge on any atom is -0.352 e. The largest absolute Gasteiger partial charge is 0.352 e. The highest BCUT2D eigenvalue weighted by atomic mass is 16.7. The van der Waals surface area contributed by atoms with Gasteiger partial charge < -0.3 is 9.47 Å². The topological polar surface area (TPSA) is 18.5 Å². The van der Waals surface area contributed by atoms with Crippen LogP contribution in [0.15, 0.2) is 24.8 Å². The van der Waals surface area contributed by atoms with Crippen molar-refractivity contribution in [3.05, 3.63) is 24.8 Å². The third kappa shape index (κ3) is 3.94. The minimum absolute atomic E-state index is 0.247. The minimum atomic E-state index is -0.247. The molecule has 0 rings (SSSR count). The zero-order chi connectivity index (χ0) is 7.11. The van der Waals surface area contributed by atoms with Crippen LogP contribution in [0.1, 0.15) is 0 Å². The van der Waals surface area contributed by atoms with E-state index in [9.17, 15) is 0 Å². The first kappa shape index (κ1) is 8.40. The van der Waals surface area contributed by atoms with Crippen molar-refractivity contribution in [1.29, 1.82) is 0 Å². The smallest absolute Gasteiger partial charge is 0.176 e. The van der Waals surface area contributed by atoms with Crippen LogP contribution in [-0.2, 0) is 9.47 Å². The van der Waals surface area contributed by atoms with Gasteiger partial charge in [-0.15, -0.1) is 0 Å². The van der Waals surface area contributed by atoms with Crippen molar-refractivity contribution in [2.24, 2.45) is 0 Å². The van der Waals surface area contributed by atoms with Gasteiger partial charge >= 0.3 is 0 Å². The highest BCUT2D eigenvalue weighted by Crippen LogP contribution is 1.91. The lowest BCUT2D eigenvalue weighted by atomic mass is 10.5. The van der Waals surface area contributed by atoms with Crippen molar-refractivity contribution in [2.45, 2.75) is 6.29 Å². The van der Waals surface area contributed by atoms with E-state index in [1.54, 1.807) is 32.4 Å². The molecule has 0 unspecified atom stereocenters. The predicted molar refractivity (Wildman–Crippen MR) is 37.1 cm³/mol. The van der Waals surface area contributed by atoms with Crippen molar-refractivity contribution in [3.63, 3.8) is 0 Å². The molecule has 0 bridgehead atoms. The van der Waals surface area contributed by atoms with E-state index in [2.05, 4.69) is 6.58 Å². The van der Waals surface area contributed by atoms with E-state index >= 15 is 0 Å². The molecule has 0 aliphatic rings. The first-order chi connectivity index (χ1) is 4.35. The SMILES string of the molecule is C=C/C=C\C(OC)OC. The molecule has 2 heteroatoms. The number of allylic oxidation sites excluding steroid dienone is 2. The maximum absolute atomic E-state index is 4.84. The third-order valence-electron chi connectivity index (χ3n) is 0.869. The zero-order valence-electron chi connectivity index (χ0n) is 5.83. The molecule has 0 amide bonds. The second-order valence-corrected chi connectivity index (χ2v) is 1.46. The second-order valence-electron chi connectivity index (χ2n) is 1.46. The maximum Gasteiger partial charge on any atom is 0.176 e. The van der Waals surface area contributed by atoms with Crippen LogP contribution in [0.5, 0.6) is 0 Å². The zero-order valence-corrected chi connectivity index (χ0v) is 5.83. The predicted octanol–water partition coefficient (Wildman–Crippen LogP) is 1.35. The van der Waals surface area contributed by atoms with Gasteiger partial charge in [-0.25, -0.2) is 0 Å². The van der Waals surface area contributed by atoms with E-state index < -0.39 is 0 Å². The fraction of sp³-hybridized carbons (Fsp3) is 0.429. The Hall–Kier alpha value is -0.600. The van der Waals surface area contributed by atoms with Crippen molar-refractivity contribution in [1.82, 2.24) is 0 Å². The number of hydrogen-bond acceptors (Lipinski definition) is 2. The van der Waals surface area contributed by atoms with Crippen molar-refractivity contribution < 1.29 is 9.47 Å². The van der Waals surface area contributed by atoms with Crippen molar-refractivity contribution in [3.8, 4) is 0 Å². The molecule has 0 aromatic heterocycles. The number of hydrogen-bond donors (Lipinski definition) is 0. The van der Waals surface area contributed by atoms with Crippen LogP contribution in [0, 0.1) is 0 Å². The quantitative estimate of drug-likeness (QED) is 0.420. The normalized spacial score (nSPS) is 11.0. The van der Waals surface area contributed by atoms with Crippen LogP contribution in [0.3, 0.4) is 0 Å². The molecule has 0 spiro atoms. The van der Waals surface area contributed by atoms with E-state index in [1.165, 1.54) is 0 Å². The third-order valence-corrected chi connectivity index (χ3v) is 0.869. The van der Waals surface area contributed by atoms with Gasteiger partial charge in [0.2, 0.25) is 0 Å². The summed E-state index contributed by atoms with van der Waals surface area (Å²) in [5.41, 5.74) is 0. The fourth-order valence-electron chi connectivity index (χ4n) is 0.423. The highest BCUT2D eigenvalue weighted by Gasteiger charge is 1.94. The first-order valence-electron chi connectivity index (χ1n) is 2.70. The molecule has 0 atom stereocenters. The molecule has 0 heterocycles. The summed E-state index contributed by atoms with van der Waals surface area (Å²) < 4.78 is 9.69. The molecule has 52 valence electrons. The summed E-state index contributed by atoms with van der Waals surface area (Å²) in [7, 11) is 3.17. The van der Waals surface area contributed by atoms with Crippen molar-refractivity contribution >= 4 is 0 Å². The van der Waals surface area contributed by atoms with Crippen LogP contribution < -0.4 is 0 Å². The lowest BCUT2D eigenvalue weighted by Gasteiger charge is -2.05. The molecule has 2 nitrogen and oxygen atoms in total. The standard InChI is InChI=1S/C7H12O2/c1-4-5-6-7(8-2)9-3/h4-7H,1H2,2-3H3/b6-5-. The molecule has 0 aliphatic carbocycles. The highest BCUT2D eigenvalue weighted by molar-refractivity contribution is 4.98. The Balaban J connectivity index is 3.53. The van der Waals surface area contributed by atoms with E-state index in [-0.39, 0.29) is 6.29 Å². The van der Waals surface area contributed by atoms with Crippen LogP contribution in [-0.4, -0.2) is 20.5 Å². The Morgan fingerprint density at radius 1 is 1.33 bits per heavy atom. The Morgan fingerprint density at radius 3 is 2.22 bits per heavy atom. The van der Waals surface area contributed by atoms with Crippen LogP contribution >= 0.6 is 0 Å². The molecule has 0 aromatic rings. The van der Waals surface area contributed by atoms with Gasteiger partial charge in [0.1, 0.15) is 0 Å². The van der Waals surface area contributed by atoms with Crippen LogP contribution in [0.4, 0.5) is 0 Å². The van der Waals surface area contributed by atoms with Gasteiger partial charge in [0.25, 0.3) is 0 Å². The summed E-state index contributed by atoms with van der Waals surface area (Å²) in [6, 6.07) is 0. The van der Waals surface area contributed by atoms with Crippen LogP contribution in [0.25, 0.3) is 0 Å². The number of ether oxygens (including phenoxy) is 2. The van der Waals surface area contributed by atoms with Gasteiger partial charge in [-0.1, -0.05) is 18.7 Å². The Bertz CT molecular complexity index is 93.1. The van der Waals surface area contributed by atoms with Gasteiger partial charge in [0.05, 0.1) is 0 Å². The molecule has 0 saturated carbocycles. The molecular weight excluding hydrogens is 116 g/mol. The molecule has 0 radical (unpaired) electrons. The summed E-state index contributed by atoms with van der Waals surface area (Å²) in [5.74, 6) is 0. The lowest BCUT2D eigenvalue weighted by Crippen LogP contribution is -2.08. The molecule has 0 aromatic carbocycles. The molecule has 0 N–H and O–H groups in total. The molecule has 0 aliphatic heterocycles. The van der Waals surface area contributed by atoms with Crippen LogP contribution in [0.2, 0.25) is 0 Å². The Kier molecular flexibility index (Phi) is 5.17. The monoisotopic (exact) mass is 128 g/mol. The summed E-state index contributed by atoms with van der Waals surface area (Å²) >= 11 is 0. The molecule has 0 saturated heterocycles. The summed E-state index contributed by atoms with van der Waals surface area (Å²) in [6.45, 7) is 3.50. The Labute approximate surface area is 55.8 Å². The molecule has 0 fully saturated rings. The van der Waals surface area contributed by atoms with Gasteiger partial charge in [0, 0.05) is 14.2 Å². The van der Waals surface area contributed by atoms with Gasteiger partial charge in [-0.05, 0) is 6.08 Å². The summed E-state index contributed by atoms with van der Waals surface area (Å²) in [5, 5.41) is 0. The average molecular weight is 128 g/mol. The number of rotatable bonds is 4. The fourth-order valence-corrected chi connectivity index (χ4v) is 0.423. The molecular formula is C7H12O2. The Morgan fingerprint density at radius 2 is 1.89 bits per heavy atom.